The van der Waals surface area contributed by atoms with Crippen molar-refractivity contribution in [3.63, 3.8) is 0 Å². The first kappa shape index (κ1) is 17.5. The molecule has 2 aromatic rings. The van der Waals surface area contributed by atoms with Crippen LogP contribution >= 0.6 is 0 Å². The van der Waals surface area contributed by atoms with Gasteiger partial charge in [-0.15, -0.1) is 0 Å². The number of nitrogens with zero attached hydrogens (tertiary/aromatic N) is 2. The topological polar surface area (TPSA) is 15.6 Å². The Morgan fingerprint density at radius 3 is 2.29 bits per heavy atom. The first-order valence-electron chi connectivity index (χ1n) is 8.04. The van der Waals surface area contributed by atoms with Gasteiger partial charge in [-0.1, -0.05) is 60.7 Å². The maximum Gasteiger partial charge on any atom is 0.0855 e. The molecule has 0 fully saturated rings. The van der Waals surface area contributed by atoms with Gasteiger partial charge in [0.15, 0.2) is 0 Å². The predicted octanol–water partition coefficient (Wildman–Crippen LogP) is 5.68. The van der Waals surface area contributed by atoms with E-state index in [1.165, 1.54) is 11.1 Å². The molecule has 0 spiro atoms. The van der Waals surface area contributed by atoms with E-state index in [1.54, 1.807) is 0 Å². The molecule has 0 aromatic heterocycles. The molecule has 0 bridgehead atoms. The van der Waals surface area contributed by atoms with E-state index in [0.29, 0.717) is 0 Å². The van der Waals surface area contributed by atoms with Crippen LogP contribution in [0.25, 0.3) is 0 Å². The van der Waals surface area contributed by atoms with Crippen LogP contribution in [0.1, 0.15) is 18.1 Å². The molecule has 0 atom stereocenters. The van der Waals surface area contributed by atoms with Crippen molar-refractivity contribution in [3.05, 3.63) is 102 Å². The van der Waals surface area contributed by atoms with E-state index in [1.807, 2.05) is 43.4 Å². The molecule has 0 aliphatic heterocycles. The zero-order valence-corrected chi connectivity index (χ0v) is 14.4. The average Bonchev–Trinajstić information content (AvgIpc) is 2.63. The van der Waals surface area contributed by atoms with E-state index in [2.05, 4.69) is 66.5 Å². The molecule has 0 heterocycles. The number of rotatable bonds is 7. The number of anilines is 1. The molecule has 0 amide bonds. The summed E-state index contributed by atoms with van der Waals surface area (Å²) < 4.78 is 0. The number of benzene rings is 2. The van der Waals surface area contributed by atoms with Crippen molar-refractivity contribution in [2.24, 2.45) is 4.99 Å². The van der Waals surface area contributed by atoms with Crippen LogP contribution in [0.4, 0.5) is 5.69 Å². The Balaban J connectivity index is 2.51. The quantitative estimate of drug-likeness (QED) is 0.474. The summed E-state index contributed by atoms with van der Waals surface area (Å²) in [6.07, 6.45) is 5.75. The summed E-state index contributed by atoms with van der Waals surface area (Å²) in [5.74, 6) is 0. The Morgan fingerprint density at radius 2 is 1.75 bits per heavy atom. The maximum absolute atomic E-state index is 4.18. The Morgan fingerprint density at radius 1 is 1.08 bits per heavy atom. The molecule has 0 N–H and O–H groups in total. The Hall–Kier alpha value is -2.87. The van der Waals surface area contributed by atoms with Gasteiger partial charge in [0.05, 0.1) is 11.4 Å². The molecule has 122 valence electrons. The highest BCUT2D eigenvalue weighted by atomic mass is 15.1. The highest BCUT2D eigenvalue weighted by Crippen LogP contribution is 2.25. The standard InChI is InChI=1S/C22H24N2/c1-5-10-21(23-4)22(6-2)24(20-11-8-7-9-12-20)17-19-15-13-18(3)14-16-19/h5-16H,2,4,17H2,1,3H3/b10-5-,22-21-. The SMILES string of the molecule is C=C/C(=C(\C=C/C)N=C)N(Cc1ccc(C)cc1)c1ccccc1. The van der Waals surface area contributed by atoms with Gasteiger partial charge < -0.3 is 4.90 Å². The Bertz CT molecular complexity index is 737. The number of allylic oxidation sites excluding steroid dienone is 3. The molecular weight excluding hydrogens is 292 g/mol. The summed E-state index contributed by atoms with van der Waals surface area (Å²) in [6.45, 7) is 12.5. The molecule has 0 saturated heterocycles. The van der Waals surface area contributed by atoms with E-state index >= 15 is 0 Å². The molecule has 2 rings (SSSR count). The van der Waals surface area contributed by atoms with E-state index in [9.17, 15) is 0 Å². The molecule has 0 radical (unpaired) electrons. The van der Waals surface area contributed by atoms with Crippen molar-refractivity contribution in [1.29, 1.82) is 0 Å². The number of hydrogen-bond donors (Lipinski definition) is 0. The number of aryl methyl sites for hydroxylation is 1. The van der Waals surface area contributed by atoms with Gasteiger partial charge in [-0.05, 0) is 50.4 Å². The van der Waals surface area contributed by atoms with Gasteiger partial charge in [-0.25, -0.2) is 0 Å². The predicted molar refractivity (Wildman–Crippen MR) is 105 cm³/mol. The lowest BCUT2D eigenvalue weighted by atomic mass is 10.1. The van der Waals surface area contributed by atoms with Crippen LogP contribution in [-0.2, 0) is 6.54 Å². The zero-order chi connectivity index (χ0) is 17.4. The fraction of sp³-hybridized carbons (Fsp3) is 0.136. The summed E-state index contributed by atoms with van der Waals surface area (Å²) in [7, 11) is 0. The van der Waals surface area contributed by atoms with Crippen LogP contribution in [-0.4, -0.2) is 6.72 Å². The largest absolute Gasteiger partial charge is 0.335 e. The second-order valence-corrected chi connectivity index (χ2v) is 5.54. The lowest BCUT2D eigenvalue weighted by Crippen LogP contribution is -2.22. The van der Waals surface area contributed by atoms with Gasteiger partial charge in [0.2, 0.25) is 0 Å². The molecule has 0 unspecified atom stereocenters. The summed E-state index contributed by atoms with van der Waals surface area (Å²) >= 11 is 0. The molecule has 2 nitrogen and oxygen atoms in total. The monoisotopic (exact) mass is 316 g/mol. The van der Waals surface area contributed by atoms with Crippen molar-refractivity contribution >= 4 is 12.4 Å². The molecule has 24 heavy (non-hydrogen) atoms. The van der Waals surface area contributed by atoms with Gasteiger partial charge in [0.25, 0.3) is 0 Å². The second kappa shape index (κ2) is 8.68. The Labute approximate surface area is 145 Å². The van der Waals surface area contributed by atoms with Crippen LogP contribution in [0.2, 0.25) is 0 Å². The molecule has 0 aliphatic carbocycles. The lowest BCUT2D eigenvalue weighted by Gasteiger charge is -2.27. The van der Waals surface area contributed by atoms with Crippen molar-refractivity contribution in [2.75, 3.05) is 4.90 Å². The van der Waals surface area contributed by atoms with E-state index in [-0.39, 0.29) is 0 Å². The highest BCUT2D eigenvalue weighted by molar-refractivity contribution is 5.57. The van der Waals surface area contributed by atoms with E-state index in [4.69, 9.17) is 0 Å². The maximum atomic E-state index is 4.18. The fourth-order valence-electron chi connectivity index (χ4n) is 2.53. The van der Waals surface area contributed by atoms with Crippen LogP contribution < -0.4 is 4.90 Å². The molecule has 2 heteroatoms. The zero-order valence-electron chi connectivity index (χ0n) is 14.4. The van der Waals surface area contributed by atoms with Gasteiger partial charge in [0, 0.05) is 12.2 Å². The summed E-state index contributed by atoms with van der Waals surface area (Å²) in [4.78, 5) is 6.39. The highest BCUT2D eigenvalue weighted by Gasteiger charge is 2.13. The van der Waals surface area contributed by atoms with Crippen molar-refractivity contribution in [1.82, 2.24) is 0 Å². The fourth-order valence-corrected chi connectivity index (χ4v) is 2.53. The minimum Gasteiger partial charge on any atom is -0.335 e. The number of para-hydroxylation sites is 1. The van der Waals surface area contributed by atoms with Crippen LogP contribution in [0.15, 0.2) is 95.8 Å². The molecule has 0 aliphatic rings. The van der Waals surface area contributed by atoms with Crippen LogP contribution in [0.5, 0.6) is 0 Å². The first-order valence-corrected chi connectivity index (χ1v) is 8.04. The summed E-state index contributed by atoms with van der Waals surface area (Å²) in [5.41, 5.74) is 5.33. The Kier molecular flexibility index (Phi) is 6.32. The van der Waals surface area contributed by atoms with E-state index in [0.717, 1.165) is 23.6 Å². The average molecular weight is 316 g/mol. The third-order valence-electron chi connectivity index (χ3n) is 3.77. The van der Waals surface area contributed by atoms with Crippen LogP contribution in [0.3, 0.4) is 0 Å². The van der Waals surface area contributed by atoms with Crippen molar-refractivity contribution in [2.45, 2.75) is 20.4 Å². The third-order valence-corrected chi connectivity index (χ3v) is 3.77. The van der Waals surface area contributed by atoms with E-state index < -0.39 is 0 Å². The van der Waals surface area contributed by atoms with Crippen LogP contribution in [0, 0.1) is 6.92 Å². The second-order valence-electron chi connectivity index (χ2n) is 5.54. The van der Waals surface area contributed by atoms with Crippen molar-refractivity contribution in [3.8, 4) is 0 Å². The number of hydrogen-bond acceptors (Lipinski definition) is 2. The molecule has 2 aromatic carbocycles. The normalized spacial score (nSPS) is 11.9. The van der Waals surface area contributed by atoms with Gasteiger partial charge in [0.1, 0.15) is 0 Å². The number of aliphatic imine (C=N–C) groups is 1. The summed E-state index contributed by atoms with van der Waals surface area (Å²) in [6, 6.07) is 18.9. The van der Waals surface area contributed by atoms with Gasteiger partial charge >= 0.3 is 0 Å². The molecule has 0 saturated carbocycles. The smallest absolute Gasteiger partial charge is 0.0855 e. The van der Waals surface area contributed by atoms with Gasteiger partial charge in [-0.3, -0.25) is 4.99 Å². The van der Waals surface area contributed by atoms with Crippen molar-refractivity contribution < 1.29 is 0 Å². The summed E-state index contributed by atoms with van der Waals surface area (Å²) in [5, 5.41) is 0. The third kappa shape index (κ3) is 4.32. The minimum absolute atomic E-state index is 0.738. The first-order chi connectivity index (χ1) is 11.7. The van der Waals surface area contributed by atoms with Gasteiger partial charge in [-0.2, -0.15) is 0 Å². The minimum atomic E-state index is 0.738. The lowest BCUT2D eigenvalue weighted by molar-refractivity contribution is 0.922. The molecular formula is C22H24N2.